The average molecular weight is 308 g/mol. The molecule has 1 nitrogen and oxygen atoms in total. The van der Waals surface area contributed by atoms with Crippen molar-refractivity contribution in [2.45, 2.75) is 36.2 Å². The maximum absolute atomic E-state index is 12.9. The zero-order valence-electron chi connectivity index (χ0n) is 12.6. The Morgan fingerprint density at radius 2 is 1.55 bits per heavy atom. The van der Waals surface area contributed by atoms with Crippen LogP contribution in [0.25, 0.3) is 11.1 Å². The minimum absolute atomic E-state index is 0.241. The summed E-state index contributed by atoms with van der Waals surface area (Å²) in [5.41, 5.74) is 3.20. The van der Waals surface area contributed by atoms with E-state index in [1.165, 1.54) is 18.4 Å². The number of carbonyl (C=O) groups is 1. The van der Waals surface area contributed by atoms with Crippen molar-refractivity contribution in [3.63, 3.8) is 0 Å². The molecular formula is C20H20OS. The van der Waals surface area contributed by atoms with Gasteiger partial charge in [-0.25, -0.2) is 0 Å². The standard InChI is InChI=1S/C20H20OS/c21-20(17-12-18-9-10-19(13-17)22-18)16-8-4-7-15(11-16)14-5-2-1-3-6-14/h1-8,11,17-19H,9-10,12-13H2. The smallest absolute Gasteiger partial charge is 0.166 e. The van der Waals surface area contributed by atoms with Gasteiger partial charge >= 0.3 is 0 Å². The number of thioether (sulfide) groups is 1. The lowest BCUT2D eigenvalue weighted by Crippen LogP contribution is -2.24. The molecule has 0 N–H and O–H groups in total. The molecule has 2 unspecified atom stereocenters. The molecule has 0 amide bonds. The Labute approximate surface area is 136 Å². The molecular weight excluding hydrogens is 288 g/mol. The zero-order chi connectivity index (χ0) is 14.9. The van der Waals surface area contributed by atoms with Crippen molar-refractivity contribution in [2.24, 2.45) is 5.92 Å². The molecule has 0 aromatic heterocycles. The first-order valence-corrected chi connectivity index (χ1v) is 9.09. The Morgan fingerprint density at radius 3 is 2.27 bits per heavy atom. The number of rotatable bonds is 3. The van der Waals surface area contributed by atoms with Gasteiger partial charge in [0.2, 0.25) is 0 Å². The van der Waals surface area contributed by atoms with Crippen molar-refractivity contribution in [1.82, 2.24) is 0 Å². The van der Waals surface area contributed by atoms with Gasteiger partial charge in [-0.15, -0.1) is 0 Å². The number of carbonyl (C=O) groups excluding carboxylic acids is 1. The first-order chi connectivity index (χ1) is 10.8. The van der Waals surface area contributed by atoms with Crippen LogP contribution in [0.2, 0.25) is 0 Å². The molecule has 0 radical (unpaired) electrons. The minimum atomic E-state index is 0.241. The predicted molar refractivity (Wildman–Crippen MR) is 93.3 cm³/mol. The van der Waals surface area contributed by atoms with Gasteiger partial charge in [0.05, 0.1) is 0 Å². The molecule has 2 aromatic rings. The van der Waals surface area contributed by atoms with Gasteiger partial charge in [-0.2, -0.15) is 11.8 Å². The number of hydrogen-bond donors (Lipinski definition) is 0. The second-order valence-corrected chi connectivity index (χ2v) is 8.04. The zero-order valence-corrected chi connectivity index (χ0v) is 13.4. The van der Waals surface area contributed by atoms with E-state index in [9.17, 15) is 4.79 Å². The molecule has 2 aliphatic rings. The van der Waals surface area contributed by atoms with E-state index in [1.54, 1.807) is 0 Å². The number of hydrogen-bond acceptors (Lipinski definition) is 2. The largest absolute Gasteiger partial charge is 0.294 e. The highest BCUT2D eigenvalue weighted by molar-refractivity contribution is 8.00. The topological polar surface area (TPSA) is 17.1 Å². The first kappa shape index (κ1) is 14.1. The molecule has 2 bridgehead atoms. The molecule has 0 spiro atoms. The summed E-state index contributed by atoms with van der Waals surface area (Å²) >= 11 is 2.12. The van der Waals surface area contributed by atoms with Crippen LogP contribution < -0.4 is 0 Å². The van der Waals surface area contributed by atoms with Crippen molar-refractivity contribution in [3.05, 3.63) is 60.2 Å². The number of fused-ring (bicyclic) bond motifs is 2. The molecule has 2 fully saturated rings. The highest BCUT2D eigenvalue weighted by Gasteiger charge is 2.37. The van der Waals surface area contributed by atoms with Gasteiger partial charge in [0.15, 0.2) is 5.78 Å². The lowest BCUT2D eigenvalue weighted by atomic mass is 9.89. The van der Waals surface area contributed by atoms with Crippen LogP contribution in [-0.4, -0.2) is 16.3 Å². The lowest BCUT2D eigenvalue weighted by Gasteiger charge is -2.26. The molecule has 2 atom stereocenters. The van der Waals surface area contributed by atoms with Crippen LogP contribution in [-0.2, 0) is 0 Å². The summed E-state index contributed by atoms with van der Waals surface area (Å²) in [6, 6.07) is 18.5. The van der Waals surface area contributed by atoms with Crippen LogP contribution in [0.4, 0.5) is 0 Å². The summed E-state index contributed by atoms with van der Waals surface area (Å²) in [6.45, 7) is 0. The SMILES string of the molecule is O=C(c1cccc(-c2ccccc2)c1)C1CC2CCC(C1)S2. The van der Waals surface area contributed by atoms with Gasteiger partial charge in [-0.3, -0.25) is 4.79 Å². The molecule has 2 heteroatoms. The van der Waals surface area contributed by atoms with Crippen LogP contribution in [0.5, 0.6) is 0 Å². The van der Waals surface area contributed by atoms with Crippen molar-refractivity contribution in [1.29, 1.82) is 0 Å². The number of Topliss-reactive ketones (excluding diaryl/α,β-unsaturated/α-hetero) is 1. The van der Waals surface area contributed by atoms with Gasteiger partial charge in [-0.05, 0) is 42.9 Å². The third kappa shape index (κ3) is 2.72. The fraction of sp³-hybridized carbons (Fsp3) is 0.350. The Balaban J connectivity index is 1.59. The summed E-state index contributed by atoms with van der Waals surface area (Å²) in [5.74, 6) is 0.597. The van der Waals surface area contributed by atoms with Gasteiger partial charge in [0, 0.05) is 22.0 Å². The van der Waals surface area contributed by atoms with Crippen LogP contribution in [0.3, 0.4) is 0 Å². The fourth-order valence-electron chi connectivity index (χ4n) is 3.79. The van der Waals surface area contributed by atoms with Crippen molar-refractivity contribution >= 4 is 17.5 Å². The van der Waals surface area contributed by atoms with E-state index in [1.807, 2.05) is 30.3 Å². The van der Waals surface area contributed by atoms with Crippen molar-refractivity contribution < 1.29 is 4.79 Å². The van der Waals surface area contributed by atoms with Gasteiger partial charge < -0.3 is 0 Å². The Hall–Kier alpha value is -1.54. The number of benzene rings is 2. The molecule has 2 saturated heterocycles. The highest BCUT2D eigenvalue weighted by atomic mass is 32.2. The predicted octanol–water partition coefficient (Wildman–Crippen LogP) is 5.21. The van der Waals surface area contributed by atoms with Crippen LogP contribution in [0.15, 0.2) is 54.6 Å². The molecule has 4 rings (SSSR count). The van der Waals surface area contributed by atoms with E-state index in [2.05, 4.69) is 36.0 Å². The lowest BCUT2D eigenvalue weighted by molar-refractivity contribution is 0.0907. The first-order valence-electron chi connectivity index (χ1n) is 8.15. The second kappa shape index (κ2) is 5.92. The minimum Gasteiger partial charge on any atom is -0.294 e. The van der Waals surface area contributed by atoms with Crippen molar-refractivity contribution in [2.75, 3.05) is 0 Å². The van der Waals surface area contributed by atoms with Crippen molar-refractivity contribution in [3.8, 4) is 11.1 Å². The van der Waals surface area contributed by atoms with E-state index in [0.717, 1.165) is 34.5 Å². The Bertz CT molecular complexity index is 667. The van der Waals surface area contributed by atoms with Crippen LogP contribution in [0.1, 0.15) is 36.0 Å². The van der Waals surface area contributed by atoms with E-state index < -0.39 is 0 Å². The van der Waals surface area contributed by atoms with Gasteiger partial charge in [0.1, 0.15) is 0 Å². The molecule has 0 saturated carbocycles. The van der Waals surface area contributed by atoms with E-state index >= 15 is 0 Å². The van der Waals surface area contributed by atoms with E-state index in [0.29, 0.717) is 5.78 Å². The van der Waals surface area contributed by atoms with Crippen LogP contribution in [0, 0.1) is 5.92 Å². The van der Waals surface area contributed by atoms with E-state index in [-0.39, 0.29) is 5.92 Å². The summed E-state index contributed by atoms with van der Waals surface area (Å²) in [6.07, 6.45) is 4.78. The normalized spacial score (nSPS) is 26.8. The third-order valence-electron chi connectivity index (χ3n) is 4.92. The summed E-state index contributed by atoms with van der Waals surface area (Å²) < 4.78 is 0. The van der Waals surface area contributed by atoms with E-state index in [4.69, 9.17) is 0 Å². The molecule has 2 heterocycles. The Kier molecular flexibility index (Phi) is 3.79. The Morgan fingerprint density at radius 1 is 0.864 bits per heavy atom. The molecule has 112 valence electrons. The summed E-state index contributed by atoms with van der Waals surface area (Å²) in [7, 11) is 0. The fourth-order valence-corrected chi connectivity index (χ4v) is 5.57. The summed E-state index contributed by atoms with van der Waals surface area (Å²) in [5, 5.41) is 1.45. The molecule has 2 aromatic carbocycles. The second-order valence-electron chi connectivity index (χ2n) is 6.44. The monoisotopic (exact) mass is 308 g/mol. The molecule has 22 heavy (non-hydrogen) atoms. The van der Waals surface area contributed by atoms with Crippen LogP contribution >= 0.6 is 11.8 Å². The number of ketones is 1. The molecule has 2 aliphatic heterocycles. The maximum Gasteiger partial charge on any atom is 0.166 e. The van der Waals surface area contributed by atoms with Gasteiger partial charge in [-0.1, -0.05) is 48.5 Å². The summed E-state index contributed by atoms with van der Waals surface area (Å²) in [4.78, 5) is 12.9. The highest BCUT2D eigenvalue weighted by Crippen LogP contribution is 2.46. The molecule has 0 aliphatic carbocycles. The third-order valence-corrected chi connectivity index (χ3v) is 6.54. The van der Waals surface area contributed by atoms with Gasteiger partial charge in [0.25, 0.3) is 0 Å². The quantitative estimate of drug-likeness (QED) is 0.724. The maximum atomic E-state index is 12.9. The average Bonchev–Trinajstić information content (AvgIpc) is 2.93.